The fraction of sp³-hybridized carbons (Fsp3) is 0.375. The van der Waals surface area contributed by atoms with Crippen molar-refractivity contribution >= 4 is 17.7 Å². The summed E-state index contributed by atoms with van der Waals surface area (Å²) in [4.78, 5) is 13.1. The Balaban J connectivity index is 3.21. The molecule has 0 aliphatic carbocycles. The number of rotatable bonds is 7. The summed E-state index contributed by atoms with van der Waals surface area (Å²) in [6, 6.07) is 7.21. The molecule has 1 aromatic carbocycles. The first-order chi connectivity index (χ1) is 10.1. The lowest BCUT2D eigenvalue weighted by molar-refractivity contribution is -0.132. The van der Waals surface area contributed by atoms with E-state index in [0.29, 0.717) is 11.3 Å². The fourth-order valence-electron chi connectivity index (χ4n) is 2.05. The summed E-state index contributed by atoms with van der Waals surface area (Å²) in [5.74, 6) is -0.694. The molecule has 0 aromatic heterocycles. The van der Waals surface area contributed by atoms with E-state index in [2.05, 4.69) is 18.7 Å². The van der Waals surface area contributed by atoms with Crippen LogP contribution in [-0.2, 0) is 4.79 Å². The van der Waals surface area contributed by atoms with Gasteiger partial charge in [0.15, 0.2) is 0 Å². The van der Waals surface area contributed by atoms with Crippen LogP contribution in [0.25, 0.3) is 6.08 Å². The Morgan fingerprint density at radius 1 is 1.48 bits per heavy atom. The number of anilines is 1. The fourth-order valence-corrected chi connectivity index (χ4v) is 2.05. The van der Waals surface area contributed by atoms with Gasteiger partial charge >= 0.3 is 5.97 Å². The van der Waals surface area contributed by atoms with Crippen LogP contribution in [0.4, 0.5) is 5.69 Å². The molecule has 0 unspecified atom stereocenters. The van der Waals surface area contributed by atoms with Crippen molar-refractivity contribution in [1.82, 2.24) is 0 Å². The van der Waals surface area contributed by atoms with Crippen molar-refractivity contribution in [3.8, 4) is 11.8 Å². The number of carboxylic acids is 1. The summed E-state index contributed by atoms with van der Waals surface area (Å²) < 4.78 is 5.31. The third-order valence-corrected chi connectivity index (χ3v) is 3.11. The highest BCUT2D eigenvalue weighted by atomic mass is 16.5. The molecule has 5 nitrogen and oxygen atoms in total. The van der Waals surface area contributed by atoms with Crippen LogP contribution in [0, 0.1) is 11.3 Å². The maximum Gasteiger partial charge on any atom is 0.346 e. The van der Waals surface area contributed by atoms with Gasteiger partial charge in [-0.1, -0.05) is 6.92 Å². The van der Waals surface area contributed by atoms with Crippen LogP contribution in [0.3, 0.4) is 0 Å². The molecule has 0 spiro atoms. The van der Waals surface area contributed by atoms with Gasteiger partial charge in [-0.2, -0.15) is 5.26 Å². The first-order valence-corrected chi connectivity index (χ1v) is 6.85. The van der Waals surface area contributed by atoms with E-state index in [4.69, 9.17) is 15.1 Å². The number of nitrogens with zero attached hydrogens (tertiary/aromatic N) is 2. The molecular weight excluding hydrogens is 268 g/mol. The van der Waals surface area contributed by atoms with E-state index in [-0.39, 0.29) is 5.57 Å². The number of carbonyl (C=O) groups is 1. The van der Waals surface area contributed by atoms with Crippen LogP contribution in [0.15, 0.2) is 23.8 Å². The van der Waals surface area contributed by atoms with Crippen molar-refractivity contribution in [2.24, 2.45) is 0 Å². The van der Waals surface area contributed by atoms with Gasteiger partial charge in [-0.25, -0.2) is 4.79 Å². The second-order valence-corrected chi connectivity index (χ2v) is 4.48. The first-order valence-electron chi connectivity index (χ1n) is 6.85. The van der Waals surface area contributed by atoms with Gasteiger partial charge in [-0.15, -0.1) is 0 Å². The summed E-state index contributed by atoms with van der Waals surface area (Å²) in [6.07, 6.45) is 2.36. The summed E-state index contributed by atoms with van der Waals surface area (Å²) >= 11 is 0. The molecular formula is C16H20N2O3. The zero-order chi connectivity index (χ0) is 15.8. The van der Waals surface area contributed by atoms with Gasteiger partial charge in [0, 0.05) is 30.4 Å². The molecule has 0 heterocycles. The van der Waals surface area contributed by atoms with Crippen molar-refractivity contribution in [2.45, 2.75) is 20.3 Å². The van der Waals surface area contributed by atoms with Crippen LogP contribution >= 0.6 is 0 Å². The number of benzene rings is 1. The molecule has 5 heteroatoms. The average molecular weight is 288 g/mol. The maximum absolute atomic E-state index is 10.9. The molecule has 1 aromatic rings. The smallest absolute Gasteiger partial charge is 0.346 e. The molecule has 1 rings (SSSR count). The molecule has 21 heavy (non-hydrogen) atoms. The Kier molecular flexibility index (Phi) is 6.28. The van der Waals surface area contributed by atoms with Crippen LogP contribution in [0.1, 0.15) is 25.8 Å². The lowest BCUT2D eigenvalue weighted by atomic mass is 10.1. The Bertz CT molecular complexity index is 573. The zero-order valence-corrected chi connectivity index (χ0v) is 12.6. The Hall–Kier alpha value is -2.48. The van der Waals surface area contributed by atoms with Gasteiger partial charge in [0.25, 0.3) is 0 Å². The van der Waals surface area contributed by atoms with E-state index >= 15 is 0 Å². The van der Waals surface area contributed by atoms with Crippen molar-refractivity contribution in [3.63, 3.8) is 0 Å². The second kappa shape index (κ2) is 7.95. The molecule has 0 saturated carbocycles. The van der Waals surface area contributed by atoms with E-state index in [1.165, 1.54) is 13.2 Å². The van der Waals surface area contributed by atoms with Gasteiger partial charge in [-0.3, -0.25) is 0 Å². The summed E-state index contributed by atoms with van der Waals surface area (Å²) in [7, 11) is 1.53. The van der Waals surface area contributed by atoms with E-state index < -0.39 is 5.97 Å². The van der Waals surface area contributed by atoms with E-state index in [0.717, 1.165) is 25.2 Å². The summed E-state index contributed by atoms with van der Waals surface area (Å²) in [6.45, 7) is 6.01. The van der Waals surface area contributed by atoms with Crippen LogP contribution in [0.5, 0.6) is 5.75 Å². The van der Waals surface area contributed by atoms with E-state index in [1.54, 1.807) is 12.1 Å². The lowest BCUT2D eigenvalue weighted by Crippen LogP contribution is -2.23. The van der Waals surface area contributed by atoms with Crippen LogP contribution in [-0.4, -0.2) is 31.3 Å². The topological polar surface area (TPSA) is 73.6 Å². The molecule has 0 amide bonds. The minimum absolute atomic E-state index is 0.318. The normalized spacial score (nSPS) is 10.9. The summed E-state index contributed by atoms with van der Waals surface area (Å²) in [5.41, 5.74) is 1.27. The highest BCUT2D eigenvalue weighted by Gasteiger charge is 2.11. The number of nitriles is 1. The number of aliphatic carboxylic acids is 1. The number of ether oxygens (including phenoxy) is 1. The average Bonchev–Trinajstić information content (AvgIpc) is 2.49. The molecule has 1 N–H and O–H groups in total. The molecule has 0 atom stereocenters. The highest BCUT2D eigenvalue weighted by molar-refractivity contribution is 5.97. The SMILES string of the molecule is CCCN(CC)c1ccc(C=C(C#N)C(=O)O)c(OC)c1. The highest BCUT2D eigenvalue weighted by Crippen LogP contribution is 2.27. The maximum atomic E-state index is 10.9. The van der Waals surface area contributed by atoms with Crippen molar-refractivity contribution in [1.29, 1.82) is 5.26 Å². The standard InChI is InChI=1S/C16H20N2O3/c1-4-8-18(5-2)14-7-6-12(15(10-14)21-3)9-13(11-17)16(19)20/h6-7,9-10H,4-5,8H2,1-3H3,(H,19,20). The van der Waals surface area contributed by atoms with Gasteiger partial charge in [-0.05, 0) is 31.6 Å². The predicted molar refractivity (Wildman–Crippen MR) is 82.4 cm³/mol. The molecule has 0 saturated heterocycles. The lowest BCUT2D eigenvalue weighted by Gasteiger charge is -2.23. The Morgan fingerprint density at radius 2 is 2.19 bits per heavy atom. The predicted octanol–water partition coefficient (Wildman–Crippen LogP) is 2.92. The molecule has 0 bridgehead atoms. The van der Waals surface area contributed by atoms with Gasteiger partial charge in [0.2, 0.25) is 0 Å². The van der Waals surface area contributed by atoms with Crippen LogP contribution in [0.2, 0.25) is 0 Å². The molecule has 0 aliphatic heterocycles. The minimum Gasteiger partial charge on any atom is -0.496 e. The van der Waals surface area contributed by atoms with Gasteiger partial charge in [0.1, 0.15) is 17.4 Å². The van der Waals surface area contributed by atoms with E-state index in [1.807, 2.05) is 12.1 Å². The number of methoxy groups -OCH3 is 1. The first kappa shape index (κ1) is 16.6. The minimum atomic E-state index is -1.25. The number of hydrogen-bond donors (Lipinski definition) is 1. The van der Waals surface area contributed by atoms with E-state index in [9.17, 15) is 4.79 Å². The van der Waals surface area contributed by atoms with Crippen LogP contribution < -0.4 is 9.64 Å². The van der Waals surface area contributed by atoms with Gasteiger partial charge in [0.05, 0.1) is 7.11 Å². The largest absolute Gasteiger partial charge is 0.496 e. The Morgan fingerprint density at radius 3 is 2.67 bits per heavy atom. The molecule has 0 aliphatic rings. The zero-order valence-electron chi connectivity index (χ0n) is 12.6. The monoisotopic (exact) mass is 288 g/mol. The summed E-state index contributed by atoms with van der Waals surface area (Å²) in [5, 5.41) is 17.7. The molecule has 0 fully saturated rings. The number of hydrogen-bond acceptors (Lipinski definition) is 4. The molecule has 0 radical (unpaired) electrons. The third kappa shape index (κ3) is 4.25. The Labute approximate surface area is 125 Å². The quantitative estimate of drug-likeness (QED) is 0.617. The van der Waals surface area contributed by atoms with Gasteiger partial charge < -0.3 is 14.7 Å². The van der Waals surface area contributed by atoms with Crippen molar-refractivity contribution in [2.75, 3.05) is 25.1 Å². The van der Waals surface area contributed by atoms with Crippen molar-refractivity contribution < 1.29 is 14.6 Å². The molecule has 112 valence electrons. The second-order valence-electron chi connectivity index (χ2n) is 4.48. The third-order valence-electron chi connectivity index (χ3n) is 3.11. The van der Waals surface area contributed by atoms with Crippen molar-refractivity contribution in [3.05, 3.63) is 29.3 Å². The number of carboxylic acid groups (broad SMARTS) is 1.